The van der Waals surface area contributed by atoms with Crippen molar-refractivity contribution >= 4 is 0 Å². The molecule has 0 saturated carbocycles. The normalized spacial score (nSPS) is 36.0. The molecule has 0 aromatic carbocycles. The summed E-state index contributed by atoms with van der Waals surface area (Å²) in [7, 11) is 0. The fourth-order valence-electron chi connectivity index (χ4n) is 1.75. The third-order valence-corrected chi connectivity index (χ3v) is 2.57. The topological polar surface area (TPSA) is 29.5 Å². The van der Waals surface area contributed by atoms with Crippen LogP contribution in [0.3, 0.4) is 0 Å². The van der Waals surface area contributed by atoms with Crippen LogP contribution >= 0.6 is 0 Å². The lowest BCUT2D eigenvalue weighted by atomic mass is 9.79. The minimum atomic E-state index is -0.523. The van der Waals surface area contributed by atoms with Gasteiger partial charge < -0.3 is 9.84 Å². The van der Waals surface area contributed by atoms with Gasteiger partial charge in [0.2, 0.25) is 0 Å². The molecule has 0 bridgehead atoms. The monoisotopic (exact) mass is 158 g/mol. The van der Waals surface area contributed by atoms with Gasteiger partial charge in [-0.3, -0.25) is 0 Å². The Kier molecular flexibility index (Phi) is 2.55. The van der Waals surface area contributed by atoms with Gasteiger partial charge in [0.25, 0.3) is 0 Å². The summed E-state index contributed by atoms with van der Waals surface area (Å²) in [6.45, 7) is 7.15. The van der Waals surface area contributed by atoms with Crippen LogP contribution in [0.2, 0.25) is 0 Å². The number of hydrogen-bond acceptors (Lipinski definition) is 2. The Morgan fingerprint density at radius 2 is 2.18 bits per heavy atom. The Bertz CT molecular complexity index is 132. The van der Waals surface area contributed by atoms with Gasteiger partial charge in [0.05, 0.1) is 6.61 Å². The van der Waals surface area contributed by atoms with E-state index in [0.29, 0.717) is 12.5 Å². The van der Waals surface area contributed by atoms with Crippen LogP contribution in [0.4, 0.5) is 0 Å². The summed E-state index contributed by atoms with van der Waals surface area (Å²) < 4.78 is 5.19. The standard InChI is InChI=1S/C9H18O2/c1-4-5-7-8(10)11-6-9(7,2)3/h7-8,10H,4-6H2,1-3H3. The number of aliphatic hydroxyl groups excluding tert-OH is 1. The van der Waals surface area contributed by atoms with Crippen LogP contribution in [-0.2, 0) is 4.74 Å². The molecule has 2 atom stereocenters. The van der Waals surface area contributed by atoms with Crippen molar-refractivity contribution in [3.8, 4) is 0 Å². The van der Waals surface area contributed by atoms with E-state index in [4.69, 9.17) is 4.74 Å². The minimum Gasteiger partial charge on any atom is -0.368 e. The van der Waals surface area contributed by atoms with E-state index in [1.165, 1.54) is 0 Å². The summed E-state index contributed by atoms with van der Waals surface area (Å²) in [6.07, 6.45) is 1.66. The molecule has 0 radical (unpaired) electrons. The van der Waals surface area contributed by atoms with Crippen molar-refractivity contribution < 1.29 is 9.84 Å². The second-order valence-corrected chi connectivity index (χ2v) is 4.09. The molecule has 2 unspecified atom stereocenters. The van der Waals surface area contributed by atoms with Gasteiger partial charge in [0.1, 0.15) is 0 Å². The zero-order chi connectivity index (χ0) is 8.48. The smallest absolute Gasteiger partial charge is 0.157 e. The van der Waals surface area contributed by atoms with E-state index in [1.807, 2.05) is 0 Å². The first-order chi connectivity index (χ1) is 5.08. The Morgan fingerprint density at radius 3 is 2.55 bits per heavy atom. The molecule has 0 spiro atoms. The molecule has 11 heavy (non-hydrogen) atoms. The Balaban J connectivity index is 2.57. The third-order valence-electron chi connectivity index (χ3n) is 2.57. The summed E-state index contributed by atoms with van der Waals surface area (Å²) in [6, 6.07) is 0. The summed E-state index contributed by atoms with van der Waals surface area (Å²) in [5.41, 5.74) is 0.162. The maximum absolute atomic E-state index is 9.43. The van der Waals surface area contributed by atoms with Crippen molar-refractivity contribution in [1.29, 1.82) is 0 Å². The number of rotatable bonds is 2. The molecular weight excluding hydrogens is 140 g/mol. The zero-order valence-electron chi connectivity index (χ0n) is 7.63. The maximum Gasteiger partial charge on any atom is 0.157 e. The molecule has 1 rings (SSSR count). The van der Waals surface area contributed by atoms with Crippen molar-refractivity contribution in [2.24, 2.45) is 11.3 Å². The predicted molar refractivity (Wildman–Crippen MR) is 44.1 cm³/mol. The predicted octanol–water partition coefficient (Wildman–Crippen LogP) is 1.78. The SMILES string of the molecule is CCCC1C(O)OCC1(C)C. The van der Waals surface area contributed by atoms with Gasteiger partial charge in [-0.1, -0.05) is 27.2 Å². The highest BCUT2D eigenvalue weighted by atomic mass is 16.6. The highest BCUT2D eigenvalue weighted by Crippen LogP contribution is 2.39. The van der Waals surface area contributed by atoms with Crippen LogP contribution < -0.4 is 0 Å². The first-order valence-electron chi connectivity index (χ1n) is 4.37. The van der Waals surface area contributed by atoms with Gasteiger partial charge in [0, 0.05) is 5.92 Å². The zero-order valence-corrected chi connectivity index (χ0v) is 7.63. The average molecular weight is 158 g/mol. The fourth-order valence-corrected chi connectivity index (χ4v) is 1.75. The summed E-state index contributed by atoms with van der Waals surface area (Å²) in [5, 5.41) is 9.43. The van der Waals surface area contributed by atoms with E-state index in [1.54, 1.807) is 0 Å². The first kappa shape index (κ1) is 9.01. The van der Waals surface area contributed by atoms with Crippen LogP contribution in [0.5, 0.6) is 0 Å². The van der Waals surface area contributed by atoms with E-state index < -0.39 is 6.29 Å². The van der Waals surface area contributed by atoms with Crippen LogP contribution in [0, 0.1) is 11.3 Å². The van der Waals surface area contributed by atoms with Crippen molar-refractivity contribution in [3.05, 3.63) is 0 Å². The number of ether oxygens (including phenoxy) is 1. The minimum absolute atomic E-state index is 0.162. The molecule has 1 saturated heterocycles. The summed E-state index contributed by atoms with van der Waals surface area (Å²) in [5.74, 6) is 0.326. The van der Waals surface area contributed by atoms with Crippen LogP contribution in [-0.4, -0.2) is 18.0 Å². The lowest BCUT2D eigenvalue weighted by molar-refractivity contribution is -0.0839. The lowest BCUT2D eigenvalue weighted by Crippen LogP contribution is -2.26. The highest BCUT2D eigenvalue weighted by Gasteiger charge is 2.41. The fraction of sp³-hybridized carbons (Fsp3) is 1.00. The highest BCUT2D eigenvalue weighted by molar-refractivity contribution is 4.84. The first-order valence-corrected chi connectivity index (χ1v) is 4.37. The molecule has 0 aliphatic carbocycles. The Hall–Kier alpha value is -0.0800. The van der Waals surface area contributed by atoms with E-state index in [-0.39, 0.29) is 5.41 Å². The van der Waals surface area contributed by atoms with E-state index in [2.05, 4.69) is 20.8 Å². The van der Waals surface area contributed by atoms with Crippen LogP contribution in [0.15, 0.2) is 0 Å². The molecule has 0 aromatic rings. The van der Waals surface area contributed by atoms with Crippen molar-refractivity contribution in [3.63, 3.8) is 0 Å². The second kappa shape index (κ2) is 3.11. The molecule has 1 aliphatic heterocycles. The van der Waals surface area contributed by atoms with Gasteiger partial charge in [-0.25, -0.2) is 0 Å². The second-order valence-electron chi connectivity index (χ2n) is 4.09. The quantitative estimate of drug-likeness (QED) is 0.663. The molecule has 2 heteroatoms. The van der Waals surface area contributed by atoms with Gasteiger partial charge in [-0.2, -0.15) is 0 Å². The molecule has 1 fully saturated rings. The van der Waals surface area contributed by atoms with E-state index in [9.17, 15) is 5.11 Å². The van der Waals surface area contributed by atoms with Gasteiger partial charge in [-0.05, 0) is 11.8 Å². The van der Waals surface area contributed by atoms with Crippen LogP contribution in [0.1, 0.15) is 33.6 Å². The Morgan fingerprint density at radius 1 is 1.55 bits per heavy atom. The van der Waals surface area contributed by atoms with Crippen LogP contribution in [0.25, 0.3) is 0 Å². The van der Waals surface area contributed by atoms with Gasteiger partial charge >= 0.3 is 0 Å². The van der Waals surface area contributed by atoms with Gasteiger partial charge in [-0.15, -0.1) is 0 Å². The number of aliphatic hydroxyl groups is 1. The van der Waals surface area contributed by atoms with Crippen molar-refractivity contribution in [2.45, 2.75) is 39.9 Å². The summed E-state index contributed by atoms with van der Waals surface area (Å²) >= 11 is 0. The lowest BCUT2D eigenvalue weighted by Gasteiger charge is -2.25. The average Bonchev–Trinajstić information content (AvgIpc) is 2.16. The Labute approximate surface area is 68.6 Å². The number of hydrogen-bond donors (Lipinski definition) is 1. The maximum atomic E-state index is 9.43. The molecule has 0 aromatic heterocycles. The van der Waals surface area contributed by atoms with Gasteiger partial charge in [0.15, 0.2) is 6.29 Å². The molecule has 0 amide bonds. The molecule has 1 heterocycles. The molecule has 1 N–H and O–H groups in total. The molecular formula is C9H18O2. The largest absolute Gasteiger partial charge is 0.368 e. The van der Waals surface area contributed by atoms with E-state index >= 15 is 0 Å². The van der Waals surface area contributed by atoms with E-state index in [0.717, 1.165) is 12.8 Å². The molecule has 1 aliphatic rings. The third kappa shape index (κ3) is 1.74. The van der Waals surface area contributed by atoms with Crippen molar-refractivity contribution in [1.82, 2.24) is 0 Å². The van der Waals surface area contributed by atoms with Crippen molar-refractivity contribution in [2.75, 3.05) is 6.61 Å². The summed E-state index contributed by atoms with van der Waals surface area (Å²) in [4.78, 5) is 0. The molecule has 2 nitrogen and oxygen atoms in total. The molecule has 66 valence electrons.